The highest BCUT2D eigenvalue weighted by Gasteiger charge is 2.12. The third kappa shape index (κ3) is 3.41. The highest BCUT2D eigenvalue weighted by molar-refractivity contribution is 6.04. The zero-order chi connectivity index (χ0) is 16.8. The number of benzene rings is 2. The maximum Gasteiger partial charge on any atom is 0.251 e. The van der Waals surface area contributed by atoms with Gasteiger partial charge in [-0.3, -0.25) is 9.89 Å². The molecule has 24 heavy (non-hydrogen) atoms. The molecule has 0 spiro atoms. The van der Waals surface area contributed by atoms with E-state index in [1.807, 2.05) is 54.6 Å². The van der Waals surface area contributed by atoms with E-state index in [9.17, 15) is 9.59 Å². The monoisotopic (exact) mass is 319 g/mol. The third-order valence-electron chi connectivity index (χ3n) is 3.69. The summed E-state index contributed by atoms with van der Waals surface area (Å²) < 4.78 is 0. The minimum absolute atomic E-state index is 0.185. The number of nitrogens with one attached hydrogen (secondary N) is 1. The summed E-state index contributed by atoms with van der Waals surface area (Å²) >= 11 is 0. The number of aldehydes is 1. The number of hydrogen-bond donors (Lipinski definition) is 1. The van der Waals surface area contributed by atoms with Crippen LogP contribution in [0.15, 0.2) is 60.7 Å². The summed E-state index contributed by atoms with van der Waals surface area (Å²) in [6.07, 6.45) is 4.28. The number of hydrogen-bond acceptors (Lipinski definition) is 3. The van der Waals surface area contributed by atoms with Crippen LogP contribution in [0, 0.1) is 0 Å². The fraction of sp³-hybridized carbons (Fsp3) is 0.105. The topological polar surface area (TPSA) is 66.1 Å². The molecule has 120 valence electrons. The average Bonchev–Trinajstić information content (AvgIpc) is 3.04. The number of H-pyrrole nitrogens is 1. The highest BCUT2D eigenvalue weighted by Crippen LogP contribution is 2.18. The van der Waals surface area contributed by atoms with E-state index in [2.05, 4.69) is 10.2 Å². The molecule has 0 bridgehead atoms. The Kier molecular flexibility index (Phi) is 4.81. The van der Waals surface area contributed by atoms with Crippen molar-refractivity contribution in [2.75, 3.05) is 11.4 Å². The molecule has 5 heteroatoms. The standard InChI is InChI=1S/C19H17N3O2/c23-14-6-13-22(15-7-2-1-3-8-15)19(24)12-11-18-16-9-4-5-10-17(16)20-21-18/h1-5,7-12,14H,6,13H2,(H,20,21)/b12-11+. The molecule has 0 aliphatic heterocycles. The molecule has 0 atom stereocenters. The zero-order valence-electron chi connectivity index (χ0n) is 13.1. The van der Waals surface area contributed by atoms with Gasteiger partial charge < -0.3 is 9.69 Å². The molecule has 1 heterocycles. The van der Waals surface area contributed by atoms with Crippen molar-refractivity contribution in [2.45, 2.75) is 6.42 Å². The number of aromatic nitrogens is 2. The van der Waals surface area contributed by atoms with E-state index in [0.717, 1.165) is 22.9 Å². The van der Waals surface area contributed by atoms with Gasteiger partial charge in [-0.05, 0) is 24.3 Å². The highest BCUT2D eigenvalue weighted by atomic mass is 16.2. The molecular weight excluding hydrogens is 302 g/mol. The van der Waals surface area contributed by atoms with Crippen LogP contribution in [0.2, 0.25) is 0 Å². The van der Waals surface area contributed by atoms with Crippen LogP contribution in [-0.4, -0.2) is 28.9 Å². The molecule has 1 N–H and O–H groups in total. The van der Waals surface area contributed by atoms with Gasteiger partial charge >= 0.3 is 0 Å². The van der Waals surface area contributed by atoms with Crippen molar-refractivity contribution < 1.29 is 9.59 Å². The summed E-state index contributed by atoms with van der Waals surface area (Å²) in [6.45, 7) is 0.345. The molecule has 1 aromatic heterocycles. The number of para-hydroxylation sites is 2. The number of aromatic amines is 1. The largest absolute Gasteiger partial charge is 0.308 e. The number of carbonyl (C=O) groups excluding carboxylic acids is 2. The van der Waals surface area contributed by atoms with Crippen molar-refractivity contribution in [2.24, 2.45) is 0 Å². The van der Waals surface area contributed by atoms with E-state index >= 15 is 0 Å². The van der Waals surface area contributed by atoms with Gasteiger partial charge in [0.25, 0.3) is 5.91 Å². The Bertz CT molecular complexity index is 868. The minimum Gasteiger partial charge on any atom is -0.308 e. The predicted octanol–water partition coefficient (Wildman–Crippen LogP) is 3.20. The van der Waals surface area contributed by atoms with E-state index in [4.69, 9.17) is 0 Å². The first-order chi connectivity index (χ1) is 11.8. The number of carbonyl (C=O) groups is 2. The van der Waals surface area contributed by atoms with Crippen LogP contribution in [0.4, 0.5) is 5.69 Å². The molecule has 0 fully saturated rings. The van der Waals surface area contributed by atoms with Crippen LogP contribution >= 0.6 is 0 Å². The zero-order valence-corrected chi connectivity index (χ0v) is 13.1. The fourth-order valence-electron chi connectivity index (χ4n) is 2.51. The Balaban J connectivity index is 1.83. The molecule has 0 aliphatic carbocycles. The molecule has 5 nitrogen and oxygen atoms in total. The minimum atomic E-state index is -0.185. The van der Waals surface area contributed by atoms with Gasteiger partial charge in [-0.25, -0.2) is 0 Å². The average molecular weight is 319 g/mol. The lowest BCUT2D eigenvalue weighted by molar-refractivity contribution is -0.114. The first-order valence-electron chi connectivity index (χ1n) is 7.71. The van der Waals surface area contributed by atoms with Gasteiger partial charge in [-0.2, -0.15) is 5.10 Å². The Morgan fingerprint density at radius 3 is 2.62 bits per heavy atom. The molecule has 3 aromatic rings. The van der Waals surface area contributed by atoms with Crippen molar-refractivity contribution >= 4 is 34.9 Å². The fourth-order valence-corrected chi connectivity index (χ4v) is 2.51. The molecule has 0 unspecified atom stereocenters. The van der Waals surface area contributed by atoms with E-state index in [1.54, 1.807) is 11.0 Å². The van der Waals surface area contributed by atoms with Gasteiger partial charge in [0.2, 0.25) is 0 Å². The van der Waals surface area contributed by atoms with Crippen molar-refractivity contribution in [1.29, 1.82) is 0 Å². The van der Waals surface area contributed by atoms with Crippen LogP contribution in [0.3, 0.4) is 0 Å². The van der Waals surface area contributed by atoms with Crippen LogP contribution in [-0.2, 0) is 9.59 Å². The number of fused-ring (bicyclic) bond motifs is 1. The Morgan fingerprint density at radius 1 is 1.08 bits per heavy atom. The molecular formula is C19H17N3O2. The quantitative estimate of drug-likeness (QED) is 0.560. The SMILES string of the molecule is O=CCCN(C(=O)/C=C/c1n[nH]c2ccccc12)c1ccccc1. The second kappa shape index (κ2) is 7.37. The Hall–Kier alpha value is -3.21. The maximum atomic E-state index is 12.6. The second-order valence-corrected chi connectivity index (χ2v) is 5.27. The summed E-state index contributed by atoms with van der Waals surface area (Å²) in [7, 11) is 0. The van der Waals surface area contributed by atoms with Gasteiger partial charge in [0, 0.05) is 30.1 Å². The van der Waals surface area contributed by atoms with E-state index in [0.29, 0.717) is 18.7 Å². The molecule has 0 saturated carbocycles. The normalized spacial score (nSPS) is 11.0. The molecule has 0 saturated heterocycles. The first-order valence-corrected chi connectivity index (χ1v) is 7.71. The molecule has 1 amide bonds. The van der Waals surface area contributed by atoms with E-state index < -0.39 is 0 Å². The summed E-state index contributed by atoms with van der Waals surface area (Å²) in [6, 6.07) is 17.0. The van der Waals surface area contributed by atoms with Crippen LogP contribution < -0.4 is 4.90 Å². The lowest BCUT2D eigenvalue weighted by atomic mass is 10.2. The lowest BCUT2D eigenvalue weighted by Crippen LogP contribution is -2.30. The number of nitrogens with zero attached hydrogens (tertiary/aromatic N) is 2. The summed E-state index contributed by atoms with van der Waals surface area (Å²) in [5.41, 5.74) is 2.40. The number of rotatable bonds is 6. The molecule has 0 radical (unpaired) electrons. The van der Waals surface area contributed by atoms with Gasteiger partial charge in [-0.1, -0.05) is 36.4 Å². The Labute approximate surface area is 139 Å². The van der Waals surface area contributed by atoms with E-state index in [1.165, 1.54) is 6.08 Å². The molecule has 3 rings (SSSR count). The number of anilines is 1. The first kappa shape index (κ1) is 15.7. The van der Waals surface area contributed by atoms with Crippen molar-refractivity contribution in [3.8, 4) is 0 Å². The van der Waals surface area contributed by atoms with Crippen LogP contribution in [0.25, 0.3) is 17.0 Å². The van der Waals surface area contributed by atoms with Gasteiger partial charge in [0.15, 0.2) is 0 Å². The molecule has 0 aliphatic rings. The Morgan fingerprint density at radius 2 is 1.83 bits per heavy atom. The predicted molar refractivity (Wildman–Crippen MR) is 94.6 cm³/mol. The van der Waals surface area contributed by atoms with Crippen molar-refractivity contribution in [3.63, 3.8) is 0 Å². The van der Waals surface area contributed by atoms with Crippen LogP contribution in [0.5, 0.6) is 0 Å². The van der Waals surface area contributed by atoms with Gasteiger partial charge in [-0.15, -0.1) is 0 Å². The summed E-state index contributed by atoms with van der Waals surface area (Å²) in [5, 5.41) is 8.12. The smallest absolute Gasteiger partial charge is 0.251 e. The second-order valence-electron chi connectivity index (χ2n) is 5.27. The van der Waals surface area contributed by atoms with Gasteiger partial charge in [0.1, 0.15) is 6.29 Å². The molecule has 2 aromatic carbocycles. The maximum absolute atomic E-state index is 12.6. The third-order valence-corrected chi connectivity index (χ3v) is 3.69. The van der Waals surface area contributed by atoms with Crippen molar-refractivity contribution in [1.82, 2.24) is 10.2 Å². The summed E-state index contributed by atoms with van der Waals surface area (Å²) in [4.78, 5) is 24.8. The summed E-state index contributed by atoms with van der Waals surface area (Å²) in [5.74, 6) is -0.185. The van der Waals surface area contributed by atoms with Crippen LogP contribution in [0.1, 0.15) is 12.1 Å². The lowest BCUT2D eigenvalue weighted by Gasteiger charge is -2.20. The van der Waals surface area contributed by atoms with Crippen molar-refractivity contribution in [3.05, 3.63) is 66.4 Å². The van der Waals surface area contributed by atoms with E-state index in [-0.39, 0.29) is 5.91 Å². The number of amides is 1. The van der Waals surface area contributed by atoms with Gasteiger partial charge in [0.05, 0.1) is 11.2 Å².